The van der Waals surface area contributed by atoms with Crippen molar-refractivity contribution in [2.24, 2.45) is 14.1 Å². The van der Waals surface area contributed by atoms with Crippen LogP contribution in [0.4, 0.5) is 0 Å². The number of methoxy groups -OCH3 is 1. The molecule has 0 atom stereocenters. The molecule has 7 nitrogen and oxygen atoms in total. The molecule has 1 heterocycles. The van der Waals surface area contributed by atoms with Crippen molar-refractivity contribution >= 4 is 11.6 Å². The Balaban J connectivity index is 2.38. The molecule has 0 amide bonds. The van der Waals surface area contributed by atoms with Gasteiger partial charge in [-0.25, -0.2) is 4.79 Å². The van der Waals surface area contributed by atoms with E-state index in [9.17, 15) is 9.59 Å². The van der Waals surface area contributed by atoms with Crippen molar-refractivity contribution in [1.29, 1.82) is 5.26 Å². The Kier molecular flexibility index (Phi) is 4.77. The fraction of sp³-hybridized carbons (Fsp3) is 0.267. The third-order valence-corrected chi connectivity index (χ3v) is 3.63. The summed E-state index contributed by atoms with van der Waals surface area (Å²) in [4.78, 5) is 23.6. The summed E-state index contributed by atoms with van der Waals surface area (Å²) >= 11 is 6.10. The molecular weight excluding hydrogens is 322 g/mol. The molecule has 2 rings (SSSR count). The number of rotatable bonds is 4. The first-order chi connectivity index (χ1) is 10.9. The maximum absolute atomic E-state index is 11.9. The van der Waals surface area contributed by atoms with Gasteiger partial charge in [-0.15, -0.1) is 0 Å². The van der Waals surface area contributed by atoms with Gasteiger partial charge in [-0.1, -0.05) is 11.6 Å². The molecule has 0 spiro atoms. The van der Waals surface area contributed by atoms with Gasteiger partial charge in [0.05, 0.1) is 29.5 Å². The lowest BCUT2D eigenvalue weighted by molar-refractivity contribution is 0.275. The zero-order chi connectivity index (χ0) is 17.1. The number of nitrogens with zero attached hydrogens (tertiary/aromatic N) is 3. The summed E-state index contributed by atoms with van der Waals surface area (Å²) < 4.78 is 13.1. The highest BCUT2D eigenvalue weighted by molar-refractivity contribution is 6.32. The Hall–Kier alpha value is -2.72. The summed E-state index contributed by atoms with van der Waals surface area (Å²) in [5.74, 6) is 0.532. The van der Waals surface area contributed by atoms with Crippen LogP contribution in [0.25, 0.3) is 0 Å². The molecule has 1 aromatic carbocycles. The van der Waals surface area contributed by atoms with Gasteiger partial charge in [0.1, 0.15) is 6.61 Å². The first kappa shape index (κ1) is 16.6. The molecule has 2 aromatic rings. The maximum Gasteiger partial charge on any atom is 0.330 e. The van der Waals surface area contributed by atoms with E-state index in [1.54, 1.807) is 0 Å². The normalized spacial score (nSPS) is 10.2. The largest absolute Gasteiger partial charge is 0.493 e. The van der Waals surface area contributed by atoms with E-state index in [-0.39, 0.29) is 17.4 Å². The topological polar surface area (TPSA) is 86.2 Å². The lowest BCUT2D eigenvalue weighted by atomic mass is 10.2. The summed E-state index contributed by atoms with van der Waals surface area (Å²) in [7, 11) is 4.36. The second-order valence-corrected chi connectivity index (χ2v) is 5.17. The van der Waals surface area contributed by atoms with Gasteiger partial charge >= 0.3 is 5.69 Å². The molecule has 1 aromatic heterocycles. The van der Waals surface area contributed by atoms with Crippen LogP contribution in [0, 0.1) is 11.3 Å². The predicted molar refractivity (Wildman–Crippen MR) is 84.0 cm³/mol. The van der Waals surface area contributed by atoms with E-state index >= 15 is 0 Å². The highest BCUT2D eigenvalue weighted by atomic mass is 35.5. The van der Waals surface area contributed by atoms with Crippen molar-refractivity contribution in [3.8, 4) is 17.6 Å². The highest BCUT2D eigenvalue weighted by Gasteiger charge is 2.14. The fourth-order valence-corrected chi connectivity index (χ4v) is 2.25. The van der Waals surface area contributed by atoms with Crippen LogP contribution in [0.2, 0.25) is 5.02 Å². The van der Waals surface area contributed by atoms with Crippen LogP contribution in [0.3, 0.4) is 0 Å². The van der Waals surface area contributed by atoms with E-state index in [4.69, 9.17) is 26.3 Å². The van der Waals surface area contributed by atoms with Gasteiger partial charge in [0.15, 0.2) is 11.5 Å². The lowest BCUT2D eigenvalue weighted by Gasteiger charge is -2.14. The molecule has 23 heavy (non-hydrogen) atoms. The quantitative estimate of drug-likeness (QED) is 0.838. The Morgan fingerprint density at radius 2 is 1.91 bits per heavy atom. The number of aromatic nitrogens is 2. The fourth-order valence-electron chi connectivity index (χ4n) is 1.99. The van der Waals surface area contributed by atoms with E-state index in [0.717, 1.165) is 4.57 Å². The summed E-state index contributed by atoms with van der Waals surface area (Å²) in [6.45, 7) is -0.0518. The maximum atomic E-state index is 11.9. The first-order valence-corrected chi connectivity index (χ1v) is 6.93. The monoisotopic (exact) mass is 335 g/mol. The number of hydrogen-bond acceptors (Lipinski definition) is 5. The SMILES string of the molecule is COc1cc(C#N)cc(Cl)c1OCc1cc(=O)n(C)c(=O)n1C. The van der Waals surface area contributed by atoms with E-state index < -0.39 is 11.2 Å². The molecule has 0 saturated heterocycles. The molecule has 0 aliphatic rings. The van der Waals surface area contributed by atoms with Gasteiger partial charge < -0.3 is 9.47 Å². The molecule has 0 aliphatic heterocycles. The van der Waals surface area contributed by atoms with Gasteiger partial charge in [-0.05, 0) is 6.07 Å². The van der Waals surface area contributed by atoms with Crippen LogP contribution in [-0.4, -0.2) is 16.2 Å². The van der Waals surface area contributed by atoms with E-state index in [1.165, 1.54) is 44.0 Å². The molecule has 0 aliphatic carbocycles. The molecule has 0 saturated carbocycles. The number of ether oxygens (including phenoxy) is 2. The highest BCUT2D eigenvalue weighted by Crippen LogP contribution is 2.36. The molecule has 8 heteroatoms. The van der Waals surface area contributed by atoms with Crippen molar-refractivity contribution in [2.75, 3.05) is 7.11 Å². The summed E-state index contributed by atoms with van der Waals surface area (Å²) in [5.41, 5.74) is -0.153. The standard InChI is InChI=1S/C15H14ClN3O4/c1-18-10(6-13(20)19(2)15(18)21)8-23-14-11(16)4-9(7-17)5-12(14)22-3/h4-6H,8H2,1-3H3. The van der Waals surface area contributed by atoms with Crippen LogP contribution in [-0.2, 0) is 20.7 Å². The number of halogens is 1. The van der Waals surface area contributed by atoms with Crippen molar-refractivity contribution in [3.63, 3.8) is 0 Å². The van der Waals surface area contributed by atoms with Crippen LogP contribution >= 0.6 is 11.6 Å². The third-order valence-electron chi connectivity index (χ3n) is 3.35. The van der Waals surface area contributed by atoms with Crippen LogP contribution < -0.4 is 20.7 Å². The van der Waals surface area contributed by atoms with Crippen molar-refractivity contribution in [3.05, 3.63) is 55.3 Å². The molecule has 0 radical (unpaired) electrons. The lowest BCUT2D eigenvalue weighted by Crippen LogP contribution is -2.38. The molecule has 0 fully saturated rings. The minimum Gasteiger partial charge on any atom is -0.493 e. The van der Waals surface area contributed by atoms with E-state index in [0.29, 0.717) is 17.0 Å². The third kappa shape index (κ3) is 3.22. The van der Waals surface area contributed by atoms with Crippen LogP contribution in [0.5, 0.6) is 11.5 Å². The Labute approximate surface area is 136 Å². The smallest absolute Gasteiger partial charge is 0.330 e. The second kappa shape index (κ2) is 6.58. The minimum atomic E-state index is -0.450. The average Bonchev–Trinajstić information content (AvgIpc) is 2.55. The van der Waals surface area contributed by atoms with Gasteiger partial charge in [-0.2, -0.15) is 5.26 Å². The average molecular weight is 336 g/mol. The van der Waals surface area contributed by atoms with Crippen molar-refractivity contribution in [2.45, 2.75) is 6.61 Å². The minimum absolute atomic E-state index is 0.0518. The predicted octanol–water partition coefficient (Wildman–Crippen LogP) is 1.20. The Morgan fingerprint density at radius 1 is 1.22 bits per heavy atom. The summed E-state index contributed by atoms with van der Waals surface area (Å²) in [5, 5.41) is 9.13. The number of hydrogen-bond donors (Lipinski definition) is 0. The summed E-state index contributed by atoms with van der Waals surface area (Å²) in [6.07, 6.45) is 0. The molecule has 120 valence electrons. The van der Waals surface area contributed by atoms with Crippen LogP contribution in [0.15, 0.2) is 27.8 Å². The Morgan fingerprint density at radius 3 is 2.52 bits per heavy atom. The Bertz CT molecular complexity index is 909. The van der Waals surface area contributed by atoms with Gasteiger partial charge in [0, 0.05) is 26.2 Å². The van der Waals surface area contributed by atoms with Gasteiger partial charge in [-0.3, -0.25) is 13.9 Å². The second-order valence-electron chi connectivity index (χ2n) is 4.76. The first-order valence-electron chi connectivity index (χ1n) is 6.55. The molecule has 0 unspecified atom stereocenters. The van der Waals surface area contributed by atoms with Gasteiger partial charge in [0.25, 0.3) is 5.56 Å². The number of benzene rings is 1. The zero-order valence-corrected chi connectivity index (χ0v) is 13.5. The van der Waals surface area contributed by atoms with Crippen molar-refractivity contribution < 1.29 is 9.47 Å². The van der Waals surface area contributed by atoms with Crippen LogP contribution in [0.1, 0.15) is 11.3 Å². The van der Waals surface area contributed by atoms with Crippen molar-refractivity contribution in [1.82, 2.24) is 9.13 Å². The zero-order valence-electron chi connectivity index (χ0n) is 12.8. The summed E-state index contributed by atoms with van der Waals surface area (Å²) in [6, 6.07) is 6.21. The molecule has 0 N–H and O–H groups in total. The molecular formula is C15H14ClN3O4. The van der Waals surface area contributed by atoms with Gasteiger partial charge in [0.2, 0.25) is 0 Å². The van der Waals surface area contributed by atoms with E-state index in [2.05, 4.69) is 0 Å². The number of nitriles is 1. The van der Waals surface area contributed by atoms with E-state index in [1.807, 2.05) is 6.07 Å². The molecule has 0 bridgehead atoms.